The van der Waals surface area contributed by atoms with Crippen LogP contribution in [0.2, 0.25) is 0 Å². The van der Waals surface area contributed by atoms with Gasteiger partial charge in [0.05, 0.1) is 5.52 Å². The highest BCUT2D eigenvalue weighted by molar-refractivity contribution is 5.86. The van der Waals surface area contributed by atoms with E-state index in [9.17, 15) is 0 Å². The van der Waals surface area contributed by atoms with Gasteiger partial charge in [0.2, 0.25) is 0 Å². The number of aromatic amines is 1. The number of fused-ring (bicyclic) bond motifs is 1. The van der Waals surface area contributed by atoms with E-state index < -0.39 is 0 Å². The van der Waals surface area contributed by atoms with E-state index in [1.165, 1.54) is 29.5 Å². The van der Waals surface area contributed by atoms with Gasteiger partial charge in [-0.15, -0.1) is 0 Å². The molecule has 2 aliphatic rings. The lowest BCUT2D eigenvalue weighted by Gasteiger charge is -2.09. The topological polar surface area (TPSA) is 54.7 Å². The Labute approximate surface area is 94.0 Å². The number of aromatic nitrogens is 2. The van der Waals surface area contributed by atoms with Crippen LogP contribution in [-0.2, 0) is 5.54 Å². The maximum atomic E-state index is 6.28. The second-order valence-electron chi connectivity index (χ2n) is 5.27. The summed E-state index contributed by atoms with van der Waals surface area (Å²) in [5.74, 6) is 0.716. The van der Waals surface area contributed by atoms with Gasteiger partial charge < -0.3 is 5.73 Å². The number of hydrogen-bond acceptors (Lipinski definition) is 2. The fourth-order valence-corrected chi connectivity index (χ4v) is 2.55. The number of nitrogens with zero attached hydrogens (tertiary/aromatic N) is 1. The van der Waals surface area contributed by atoms with E-state index in [0.29, 0.717) is 5.92 Å². The van der Waals surface area contributed by atoms with Gasteiger partial charge in [-0.1, -0.05) is 18.2 Å². The molecule has 0 spiro atoms. The summed E-state index contributed by atoms with van der Waals surface area (Å²) in [6.45, 7) is 0. The van der Waals surface area contributed by atoms with Crippen molar-refractivity contribution in [3.05, 3.63) is 29.5 Å². The van der Waals surface area contributed by atoms with Crippen LogP contribution in [0.25, 0.3) is 10.9 Å². The van der Waals surface area contributed by atoms with Crippen LogP contribution < -0.4 is 5.73 Å². The third-order valence-corrected chi connectivity index (χ3v) is 3.93. The van der Waals surface area contributed by atoms with Crippen molar-refractivity contribution in [2.75, 3.05) is 0 Å². The zero-order valence-corrected chi connectivity index (χ0v) is 9.16. The Balaban J connectivity index is 1.97. The molecule has 0 unspecified atom stereocenters. The van der Waals surface area contributed by atoms with Crippen LogP contribution >= 0.6 is 0 Å². The summed E-state index contributed by atoms with van der Waals surface area (Å²) in [6.07, 6.45) is 4.79. The highest BCUT2D eigenvalue weighted by Gasteiger charge is 2.42. The van der Waals surface area contributed by atoms with E-state index >= 15 is 0 Å². The Morgan fingerprint density at radius 3 is 2.81 bits per heavy atom. The Kier molecular flexibility index (Phi) is 1.46. The Morgan fingerprint density at radius 2 is 2.12 bits per heavy atom. The van der Waals surface area contributed by atoms with Crippen molar-refractivity contribution in [3.63, 3.8) is 0 Å². The number of nitrogens with two attached hydrogens (primary N) is 1. The first-order chi connectivity index (χ1) is 7.78. The largest absolute Gasteiger partial charge is 0.321 e. The van der Waals surface area contributed by atoms with E-state index in [1.807, 2.05) is 0 Å². The molecule has 1 heterocycles. The first kappa shape index (κ1) is 8.76. The summed E-state index contributed by atoms with van der Waals surface area (Å²) in [5.41, 5.74) is 9.84. The summed E-state index contributed by atoms with van der Waals surface area (Å²) in [6, 6.07) is 6.42. The fourth-order valence-electron chi connectivity index (χ4n) is 2.55. The van der Waals surface area contributed by atoms with Crippen molar-refractivity contribution in [1.82, 2.24) is 10.2 Å². The van der Waals surface area contributed by atoms with E-state index in [2.05, 4.69) is 28.4 Å². The van der Waals surface area contributed by atoms with Gasteiger partial charge in [-0.3, -0.25) is 5.10 Å². The molecule has 0 aliphatic heterocycles. The Hall–Kier alpha value is -1.35. The predicted octanol–water partition coefficient (Wildman–Crippen LogP) is 2.39. The number of hydrogen-bond donors (Lipinski definition) is 2. The lowest BCUT2D eigenvalue weighted by atomic mass is 10.0. The summed E-state index contributed by atoms with van der Waals surface area (Å²) >= 11 is 0. The number of H-pyrrole nitrogens is 1. The van der Waals surface area contributed by atoms with E-state index in [-0.39, 0.29) is 5.54 Å². The summed E-state index contributed by atoms with van der Waals surface area (Å²) < 4.78 is 0. The molecule has 0 amide bonds. The molecule has 16 heavy (non-hydrogen) atoms. The zero-order valence-electron chi connectivity index (χ0n) is 9.16. The summed E-state index contributed by atoms with van der Waals surface area (Å²) in [4.78, 5) is 0. The molecule has 3 nitrogen and oxygen atoms in total. The molecule has 1 aromatic heterocycles. The highest BCUT2D eigenvalue weighted by atomic mass is 15.1. The fraction of sp³-hybridized carbons (Fsp3) is 0.462. The molecule has 0 atom stereocenters. The predicted molar refractivity (Wildman–Crippen MR) is 63.2 cm³/mol. The van der Waals surface area contributed by atoms with Gasteiger partial charge in [0.1, 0.15) is 0 Å². The quantitative estimate of drug-likeness (QED) is 0.804. The highest BCUT2D eigenvalue weighted by Crippen LogP contribution is 2.47. The van der Waals surface area contributed by atoms with Crippen molar-refractivity contribution < 1.29 is 0 Å². The molecule has 2 saturated carbocycles. The average Bonchev–Trinajstić information content (AvgIpc) is 3.21. The number of nitrogens with one attached hydrogen (secondary N) is 1. The van der Waals surface area contributed by atoms with Crippen molar-refractivity contribution >= 4 is 10.9 Å². The molecular weight excluding hydrogens is 198 g/mol. The number of benzene rings is 1. The monoisotopic (exact) mass is 213 g/mol. The lowest BCUT2D eigenvalue weighted by Crippen LogP contribution is -2.18. The van der Waals surface area contributed by atoms with Crippen molar-refractivity contribution in [2.45, 2.75) is 37.1 Å². The molecule has 2 fully saturated rings. The van der Waals surface area contributed by atoms with Crippen molar-refractivity contribution in [2.24, 2.45) is 5.73 Å². The first-order valence-corrected chi connectivity index (χ1v) is 6.04. The summed E-state index contributed by atoms with van der Waals surface area (Å²) in [5, 5.41) is 8.98. The van der Waals surface area contributed by atoms with Crippen LogP contribution in [0.3, 0.4) is 0 Å². The van der Waals surface area contributed by atoms with Gasteiger partial charge in [-0.2, -0.15) is 5.10 Å². The molecule has 82 valence electrons. The maximum absolute atomic E-state index is 6.28. The molecule has 2 aromatic rings. The molecule has 0 bridgehead atoms. The van der Waals surface area contributed by atoms with Crippen molar-refractivity contribution in [1.29, 1.82) is 0 Å². The molecule has 3 heteroatoms. The second-order valence-corrected chi connectivity index (χ2v) is 5.27. The minimum absolute atomic E-state index is 0.0878. The third kappa shape index (κ3) is 1.09. The minimum Gasteiger partial charge on any atom is -0.321 e. The first-order valence-electron chi connectivity index (χ1n) is 6.04. The smallest absolute Gasteiger partial charge is 0.0974 e. The van der Waals surface area contributed by atoms with Gasteiger partial charge >= 0.3 is 0 Å². The Bertz CT molecular complexity index is 562. The molecule has 4 rings (SSSR count). The standard InChI is InChI=1S/C13H15N3/c14-13(6-7-13)10-3-1-2-9-11(8-4-5-8)15-16-12(9)10/h1-3,8H,4-7,14H2,(H,15,16). The van der Waals surface area contributed by atoms with Crippen LogP contribution in [-0.4, -0.2) is 10.2 Å². The van der Waals surface area contributed by atoms with Crippen LogP contribution in [0.15, 0.2) is 18.2 Å². The van der Waals surface area contributed by atoms with Gasteiger partial charge in [0.15, 0.2) is 0 Å². The van der Waals surface area contributed by atoms with Gasteiger partial charge in [-0.25, -0.2) is 0 Å². The number of para-hydroxylation sites is 1. The van der Waals surface area contributed by atoms with Crippen LogP contribution in [0, 0.1) is 0 Å². The zero-order chi connectivity index (χ0) is 10.8. The molecule has 0 saturated heterocycles. The van der Waals surface area contributed by atoms with Crippen LogP contribution in [0.5, 0.6) is 0 Å². The van der Waals surface area contributed by atoms with Gasteiger partial charge in [0.25, 0.3) is 0 Å². The SMILES string of the molecule is NC1(c2cccc3c(C4CC4)[nH]nc23)CC1. The van der Waals surface area contributed by atoms with Crippen LogP contribution in [0.1, 0.15) is 42.9 Å². The number of rotatable bonds is 2. The minimum atomic E-state index is -0.0878. The average molecular weight is 213 g/mol. The van der Waals surface area contributed by atoms with Crippen LogP contribution in [0.4, 0.5) is 0 Å². The third-order valence-electron chi connectivity index (χ3n) is 3.93. The second kappa shape index (κ2) is 2.66. The molecule has 0 radical (unpaired) electrons. The molecule has 1 aromatic carbocycles. The van der Waals surface area contributed by atoms with Crippen molar-refractivity contribution in [3.8, 4) is 0 Å². The van der Waals surface area contributed by atoms with Gasteiger partial charge in [0, 0.05) is 28.1 Å². The lowest BCUT2D eigenvalue weighted by molar-refractivity contribution is 0.745. The normalized spacial score (nSPS) is 22.6. The Morgan fingerprint density at radius 1 is 1.31 bits per heavy atom. The van der Waals surface area contributed by atoms with Gasteiger partial charge in [-0.05, 0) is 25.7 Å². The van der Waals surface area contributed by atoms with E-state index in [0.717, 1.165) is 18.4 Å². The van der Waals surface area contributed by atoms with E-state index in [4.69, 9.17) is 5.73 Å². The van der Waals surface area contributed by atoms with E-state index in [1.54, 1.807) is 0 Å². The molecule has 3 N–H and O–H groups in total. The summed E-state index contributed by atoms with van der Waals surface area (Å²) in [7, 11) is 0. The molecular formula is C13H15N3. The maximum Gasteiger partial charge on any atom is 0.0974 e. The molecule has 2 aliphatic carbocycles.